The van der Waals surface area contributed by atoms with Crippen LogP contribution in [0.15, 0.2) is 18.2 Å². The summed E-state index contributed by atoms with van der Waals surface area (Å²) in [5.74, 6) is -0.248. The van der Waals surface area contributed by atoms with Gasteiger partial charge in [0.1, 0.15) is 5.82 Å². The zero-order chi connectivity index (χ0) is 9.56. The van der Waals surface area contributed by atoms with Gasteiger partial charge in [-0.1, -0.05) is 17.7 Å². The molecule has 0 radical (unpaired) electrons. The average Bonchev–Trinajstić information content (AvgIpc) is 1.99. The predicted molar refractivity (Wildman–Crippen MR) is 54.0 cm³/mol. The van der Waals surface area contributed by atoms with Gasteiger partial charge in [-0.15, -0.1) is 0 Å². The zero-order valence-electron chi connectivity index (χ0n) is 6.45. The van der Waals surface area contributed by atoms with Crippen LogP contribution in [-0.2, 0) is 13.2 Å². The summed E-state index contributed by atoms with van der Waals surface area (Å²) in [5.41, 5.74) is 0.624. The molecular weight excluding hydrogens is 364 g/mol. The Balaban J connectivity index is 0.000000354. The van der Waals surface area contributed by atoms with Crippen molar-refractivity contribution in [2.24, 2.45) is 0 Å². The van der Waals surface area contributed by atoms with Crippen molar-refractivity contribution >= 4 is 38.8 Å². The first-order valence-electron chi connectivity index (χ1n) is 3.15. The monoisotopic (exact) mass is 366 g/mol. The van der Waals surface area contributed by atoms with E-state index in [4.69, 9.17) is 11.6 Å². The summed E-state index contributed by atoms with van der Waals surface area (Å²) in [7, 11) is 0. The molecule has 0 amide bonds. The maximum absolute atomic E-state index is 12.5. The summed E-state index contributed by atoms with van der Waals surface area (Å²) in [6.07, 6.45) is 0. The molecule has 0 unspecified atom stereocenters. The van der Waals surface area contributed by atoms with Gasteiger partial charge in [0.25, 0.3) is 0 Å². The molecule has 0 aliphatic rings. The Hall–Kier alpha value is 1.02. The quantitative estimate of drug-likeness (QED) is 0.592. The van der Waals surface area contributed by atoms with Crippen LogP contribution in [0.5, 0.6) is 0 Å². The molecule has 12 heavy (non-hydrogen) atoms. The molecule has 1 rings (SSSR count). The van der Waals surface area contributed by atoms with Gasteiger partial charge in [0.15, 0.2) is 0 Å². The summed E-state index contributed by atoms with van der Waals surface area (Å²) >= 11 is 11.7. The minimum absolute atomic E-state index is 0.248. The van der Waals surface area contributed by atoms with Crippen molar-refractivity contribution in [2.75, 3.05) is 0 Å². The average molecular weight is 370 g/mol. The number of benzene rings is 1. The van der Waals surface area contributed by atoms with Crippen molar-refractivity contribution in [1.82, 2.24) is 0 Å². The third-order valence-corrected chi connectivity index (χ3v) is 1.37. The van der Waals surface area contributed by atoms with Crippen molar-refractivity contribution in [3.8, 4) is 0 Å². The van der Waals surface area contributed by atoms with Crippen LogP contribution in [0.1, 0.15) is 5.56 Å². The summed E-state index contributed by atoms with van der Waals surface area (Å²) in [6, 6.07) is 4.62. The Morgan fingerprint density at radius 1 is 1.42 bits per heavy atom. The predicted octanol–water partition coefficient (Wildman–Crippen LogP) is 4.48. The molecule has 0 N–H and O–H groups in total. The van der Waals surface area contributed by atoms with E-state index in [0.717, 1.165) is 0 Å². The van der Waals surface area contributed by atoms with Gasteiger partial charge in [0, 0.05) is 5.02 Å². The SMILES string of the molecule is Cc1ccc(Cl)cc1F.[Br][Zn][Br]. The molecule has 0 atom stereocenters. The van der Waals surface area contributed by atoms with Crippen LogP contribution in [0.3, 0.4) is 0 Å². The zero-order valence-corrected chi connectivity index (χ0v) is 13.3. The fourth-order valence-electron chi connectivity index (χ4n) is 0.567. The van der Waals surface area contributed by atoms with Crippen LogP contribution < -0.4 is 0 Å². The second kappa shape index (κ2) is 7.43. The summed E-state index contributed by atoms with van der Waals surface area (Å²) in [4.78, 5) is 0. The molecule has 0 aromatic heterocycles. The van der Waals surface area contributed by atoms with E-state index in [2.05, 4.69) is 27.2 Å². The van der Waals surface area contributed by atoms with Crippen LogP contribution in [0.2, 0.25) is 5.02 Å². The fourth-order valence-corrected chi connectivity index (χ4v) is 0.726. The second-order valence-corrected chi connectivity index (χ2v) is 16.5. The normalized spacial score (nSPS) is 8.08. The first-order chi connectivity index (χ1) is 5.61. The number of halogens is 4. The van der Waals surface area contributed by atoms with Gasteiger partial charge >= 0.3 is 40.5 Å². The van der Waals surface area contributed by atoms with Crippen LogP contribution in [0.25, 0.3) is 0 Å². The second-order valence-electron chi connectivity index (χ2n) is 1.99. The number of aryl methyl sites for hydroxylation is 1. The maximum atomic E-state index is 12.5. The van der Waals surface area contributed by atoms with Gasteiger partial charge in [-0.3, -0.25) is 0 Å². The van der Waals surface area contributed by atoms with Crippen molar-refractivity contribution in [3.05, 3.63) is 34.6 Å². The van der Waals surface area contributed by atoms with E-state index >= 15 is 0 Å². The van der Waals surface area contributed by atoms with E-state index in [1.165, 1.54) is 6.07 Å². The molecule has 0 fully saturated rings. The fraction of sp³-hybridized carbons (Fsp3) is 0.143. The Morgan fingerprint density at radius 3 is 2.25 bits per heavy atom. The Bertz CT molecular complexity index is 245. The van der Waals surface area contributed by atoms with E-state index < -0.39 is 0 Å². The standard InChI is InChI=1S/C7H6ClF.2BrH.Zn/c1-5-2-3-6(8)4-7(5)9;;;/h2-4H,1H3;2*1H;/q;;;+2/p-2. The molecule has 0 saturated heterocycles. The van der Waals surface area contributed by atoms with Gasteiger partial charge in [-0.25, -0.2) is 4.39 Å². The van der Waals surface area contributed by atoms with Crippen molar-refractivity contribution in [1.29, 1.82) is 0 Å². The number of hydrogen-bond donors (Lipinski definition) is 0. The number of hydrogen-bond acceptors (Lipinski definition) is 0. The van der Waals surface area contributed by atoms with E-state index in [1.54, 1.807) is 19.1 Å². The molecule has 1 aromatic carbocycles. The molecule has 0 aliphatic heterocycles. The van der Waals surface area contributed by atoms with Crippen LogP contribution in [0.4, 0.5) is 4.39 Å². The molecule has 0 saturated carbocycles. The van der Waals surface area contributed by atoms with Crippen LogP contribution >= 0.6 is 38.8 Å². The molecule has 0 spiro atoms. The van der Waals surface area contributed by atoms with E-state index in [0.29, 0.717) is 10.6 Å². The Labute approximate surface area is 97.2 Å². The Kier molecular flexibility index (Phi) is 8.06. The van der Waals surface area contributed by atoms with Crippen LogP contribution in [-0.4, -0.2) is 0 Å². The van der Waals surface area contributed by atoms with E-state index in [-0.39, 0.29) is 19.0 Å². The van der Waals surface area contributed by atoms with Crippen molar-refractivity contribution in [3.63, 3.8) is 0 Å². The summed E-state index contributed by atoms with van der Waals surface area (Å²) in [5, 5.41) is 0.443. The van der Waals surface area contributed by atoms with Gasteiger partial charge in [0.2, 0.25) is 0 Å². The molecule has 64 valence electrons. The van der Waals surface area contributed by atoms with Crippen LogP contribution in [0, 0.1) is 12.7 Å². The molecule has 5 heteroatoms. The molecular formula is C7H6Br2ClFZn. The third kappa shape index (κ3) is 5.63. The van der Waals surface area contributed by atoms with Gasteiger partial charge < -0.3 is 0 Å². The van der Waals surface area contributed by atoms with Gasteiger partial charge in [-0.2, -0.15) is 0 Å². The first kappa shape index (κ1) is 13.0. The Morgan fingerprint density at radius 2 is 1.92 bits per heavy atom. The summed E-state index contributed by atoms with van der Waals surface area (Å²) in [6.45, 7) is 1.70. The van der Waals surface area contributed by atoms with Crippen molar-refractivity contribution in [2.45, 2.75) is 6.92 Å². The topological polar surface area (TPSA) is 0 Å². The minimum atomic E-state index is -0.250. The van der Waals surface area contributed by atoms with E-state index in [1.807, 2.05) is 0 Å². The van der Waals surface area contributed by atoms with Gasteiger partial charge in [0.05, 0.1) is 0 Å². The molecule has 1 aromatic rings. The third-order valence-electron chi connectivity index (χ3n) is 1.13. The molecule has 0 aliphatic carbocycles. The summed E-state index contributed by atoms with van der Waals surface area (Å²) < 4.78 is 12.5. The molecule has 0 nitrogen and oxygen atoms in total. The van der Waals surface area contributed by atoms with Gasteiger partial charge in [-0.05, 0) is 24.6 Å². The van der Waals surface area contributed by atoms with E-state index in [9.17, 15) is 4.39 Å². The molecule has 0 bridgehead atoms. The number of rotatable bonds is 0. The first-order valence-corrected chi connectivity index (χ1v) is 17.4. The van der Waals surface area contributed by atoms with Crippen molar-refractivity contribution < 1.29 is 17.6 Å². The molecule has 0 heterocycles.